The van der Waals surface area contributed by atoms with E-state index in [0.29, 0.717) is 0 Å². The van der Waals surface area contributed by atoms with Gasteiger partial charge in [-0.15, -0.1) is 0 Å². The molecule has 0 spiro atoms. The molecule has 2 heteroatoms. The van der Waals surface area contributed by atoms with Crippen LogP contribution in [-0.4, -0.2) is 20.1 Å². The first-order valence-electron chi connectivity index (χ1n) is 6.47. The molecular weight excluding hydrogens is 196 g/mol. The lowest BCUT2D eigenvalue weighted by Crippen LogP contribution is -3.07. The van der Waals surface area contributed by atoms with E-state index >= 15 is 0 Å². The summed E-state index contributed by atoms with van der Waals surface area (Å²) in [5, 5.41) is 0. The summed E-state index contributed by atoms with van der Waals surface area (Å²) < 4.78 is 0. The minimum atomic E-state index is 1.09. The van der Waals surface area contributed by atoms with Crippen molar-refractivity contribution in [3.8, 4) is 0 Å². The maximum Gasteiger partial charge on any atom is 0.103 e. The lowest BCUT2D eigenvalue weighted by atomic mass is 10.1. The van der Waals surface area contributed by atoms with Crippen LogP contribution in [-0.2, 0) is 6.54 Å². The number of hydrogen-bond donors (Lipinski definition) is 2. The fourth-order valence-electron chi connectivity index (χ4n) is 1.99. The highest BCUT2D eigenvalue weighted by Crippen LogP contribution is 1.97. The molecule has 1 aromatic rings. The molecule has 0 aliphatic carbocycles. The van der Waals surface area contributed by atoms with E-state index in [1.165, 1.54) is 37.8 Å². The number of rotatable bonds is 8. The lowest BCUT2D eigenvalue weighted by Gasteiger charge is -2.13. The fourth-order valence-corrected chi connectivity index (χ4v) is 1.99. The van der Waals surface area contributed by atoms with Crippen molar-refractivity contribution in [1.29, 1.82) is 0 Å². The molecule has 0 radical (unpaired) electrons. The molecule has 0 aliphatic heterocycles. The molecule has 0 saturated heterocycles. The predicted molar refractivity (Wildman–Crippen MR) is 68.1 cm³/mol. The summed E-state index contributed by atoms with van der Waals surface area (Å²) >= 11 is 0. The van der Waals surface area contributed by atoms with Gasteiger partial charge in [-0.2, -0.15) is 0 Å². The summed E-state index contributed by atoms with van der Waals surface area (Å²) in [5.74, 6) is 0. The highest BCUT2D eigenvalue weighted by atomic mass is 15.1. The van der Waals surface area contributed by atoms with Crippen LogP contribution in [0.25, 0.3) is 0 Å². The Morgan fingerprint density at radius 3 is 2.38 bits per heavy atom. The smallest absolute Gasteiger partial charge is 0.103 e. The highest BCUT2D eigenvalue weighted by Gasteiger charge is 2.02. The van der Waals surface area contributed by atoms with E-state index in [-0.39, 0.29) is 0 Å². The van der Waals surface area contributed by atoms with E-state index in [4.69, 9.17) is 0 Å². The van der Waals surface area contributed by atoms with Crippen molar-refractivity contribution in [3.63, 3.8) is 0 Å². The van der Waals surface area contributed by atoms with Crippen LogP contribution in [0.2, 0.25) is 0 Å². The Morgan fingerprint density at radius 1 is 1.00 bits per heavy atom. The van der Waals surface area contributed by atoms with Crippen molar-refractivity contribution >= 4 is 0 Å². The number of unbranched alkanes of at least 4 members (excludes halogenated alkanes) is 3. The van der Waals surface area contributed by atoms with Crippen molar-refractivity contribution < 1.29 is 10.6 Å². The molecule has 1 aromatic carbocycles. The second kappa shape index (κ2) is 8.31. The Labute approximate surface area is 99.5 Å². The summed E-state index contributed by atoms with van der Waals surface area (Å²) in [5.41, 5.74) is 5.31. The quantitative estimate of drug-likeness (QED) is 0.601. The Hall–Kier alpha value is -0.860. The molecule has 1 atom stereocenters. The Kier molecular flexibility index (Phi) is 6.86. The van der Waals surface area contributed by atoms with Crippen molar-refractivity contribution in [3.05, 3.63) is 35.9 Å². The molecule has 0 fully saturated rings. The van der Waals surface area contributed by atoms with E-state index in [2.05, 4.69) is 43.1 Å². The first-order valence-corrected chi connectivity index (χ1v) is 6.47. The molecule has 1 unspecified atom stereocenters. The van der Waals surface area contributed by atoms with Crippen molar-refractivity contribution in [2.75, 3.05) is 20.1 Å². The van der Waals surface area contributed by atoms with Gasteiger partial charge >= 0.3 is 0 Å². The standard InChI is InChI=1S/C14H24N2/c1-16(12-8-3-2-7-11-15)13-14-9-5-4-6-10-14/h4-6,9-10H,2-3,7-8,11-13,15H2,1H3/p+2. The molecule has 90 valence electrons. The van der Waals surface area contributed by atoms with Gasteiger partial charge in [0.05, 0.1) is 20.1 Å². The highest BCUT2D eigenvalue weighted by molar-refractivity contribution is 5.13. The third kappa shape index (κ3) is 5.89. The number of benzene rings is 1. The number of nitrogens with one attached hydrogen (secondary N) is 1. The fraction of sp³-hybridized carbons (Fsp3) is 0.571. The van der Waals surface area contributed by atoms with Gasteiger partial charge in [0.1, 0.15) is 6.54 Å². The monoisotopic (exact) mass is 222 g/mol. The van der Waals surface area contributed by atoms with Gasteiger partial charge in [-0.1, -0.05) is 30.3 Å². The second-order valence-corrected chi connectivity index (χ2v) is 4.64. The average molecular weight is 222 g/mol. The van der Waals surface area contributed by atoms with Crippen LogP contribution in [0.5, 0.6) is 0 Å². The summed E-state index contributed by atoms with van der Waals surface area (Å²) in [6.45, 7) is 3.52. The van der Waals surface area contributed by atoms with Gasteiger partial charge in [-0.05, 0) is 25.7 Å². The van der Waals surface area contributed by atoms with Gasteiger partial charge < -0.3 is 10.6 Å². The molecular formula is C14H26N2+2. The third-order valence-electron chi connectivity index (χ3n) is 2.95. The second-order valence-electron chi connectivity index (χ2n) is 4.64. The van der Waals surface area contributed by atoms with Crippen LogP contribution >= 0.6 is 0 Å². The van der Waals surface area contributed by atoms with Crippen molar-refractivity contribution in [1.82, 2.24) is 0 Å². The Morgan fingerprint density at radius 2 is 1.69 bits per heavy atom. The first-order chi connectivity index (χ1) is 7.83. The summed E-state index contributed by atoms with van der Waals surface area (Å²) in [7, 11) is 2.29. The summed E-state index contributed by atoms with van der Waals surface area (Å²) in [6.07, 6.45) is 5.35. The van der Waals surface area contributed by atoms with Crippen LogP contribution in [0.1, 0.15) is 31.2 Å². The van der Waals surface area contributed by atoms with Crippen molar-refractivity contribution in [2.24, 2.45) is 0 Å². The summed E-state index contributed by atoms with van der Waals surface area (Å²) in [6, 6.07) is 10.8. The Bertz CT molecular complexity index is 259. The van der Waals surface area contributed by atoms with E-state index in [1.54, 1.807) is 4.90 Å². The predicted octanol–water partition coefficient (Wildman–Crippen LogP) is 0.504. The maximum atomic E-state index is 3.87. The van der Waals surface area contributed by atoms with E-state index in [9.17, 15) is 0 Å². The normalized spacial score (nSPS) is 12.6. The zero-order chi connectivity index (χ0) is 11.6. The van der Waals surface area contributed by atoms with E-state index < -0.39 is 0 Å². The topological polar surface area (TPSA) is 32.1 Å². The molecule has 0 aliphatic rings. The van der Waals surface area contributed by atoms with Crippen LogP contribution in [0.15, 0.2) is 30.3 Å². The van der Waals surface area contributed by atoms with Crippen LogP contribution in [0.3, 0.4) is 0 Å². The molecule has 1 rings (SSSR count). The molecule has 0 aromatic heterocycles. The van der Waals surface area contributed by atoms with E-state index in [0.717, 1.165) is 13.1 Å². The number of hydrogen-bond acceptors (Lipinski definition) is 0. The first kappa shape index (κ1) is 13.2. The minimum absolute atomic E-state index is 1.09. The molecule has 0 heterocycles. The molecule has 16 heavy (non-hydrogen) atoms. The zero-order valence-corrected chi connectivity index (χ0v) is 10.5. The largest absolute Gasteiger partial charge is 0.358 e. The van der Waals surface area contributed by atoms with Crippen LogP contribution in [0, 0.1) is 0 Å². The molecule has 2 nitrogen and oxygen atoms in total. The maximum absolute atomic E-state index is 3.87. The van der Waals surface area contributed by atoms with Crippen molar-refractivity contribution in [2.45, 2.75) is 32.2 Å². The minimum Gasteiger partial charge on any atom is -0.358 e. The zero-order valence-electron chi connectivity index (χ0n) is 10.5. The van der Waals surface area contributed by atoms with Gasteiger partial charge in [0.15, 0.2) is 0 Å². The molecule has 0 amide bonds. The van der Waals surface area contributed by atoms with Gasteiger partial charge in [0.2, 0.25) is 0 Å². The van der Waals surface area contributed by atoms with Gasteiger partial charge in [0, 0.05) is 5.56 Å². The SMILES string of the molecule is C[NH+](CCCCCC[NH3+])Cc1ccccc1. The number of quaternary nitrogens is 2. The summed E-state index contributed by atoms with van der Waals surface area (Å²) in [4.78, 5) is 1.61. The van der Waals surface area contributed by atoms with Gasteiger partial charge in [0.25, 0.3) is 0 Å². The lowest BCUT2D eigenvalue weighted by molar-refractivity contribution is -0.894. The molecule has 4 N–H and O–H groups in total. The van der Waals surface area contributed by atoms with Gasteiger partial charge in [-0.3, -0.25) is 0 Å². The molecule has 0 bridgehead atoms. The molecule has 0 saturated carbocycles. The Balaban J connectivity index is 2.09. The van der Waals surface area contributed by atoms with Crippen LogP contribution < -0.4 is 10.6 Å². The average Bonchev–Trinajstić information content (AvgIpc) is 2.30. The van der Waals surface area contributed by atoms with Crippen LogP contribution in [0.4, 0.5) is 0 Å². The van der Waals surface area contributed by atoms with Gasteiger partial charge in [-0.25, -0.2) is 0 Å². The third-order valence-corrected chi connectivity index (χ3v) is 2.95. The van der Waals surface area contributed by atoms with E-state index in [1.807, 2.05) is 0 Å².